The highest BCUT2D eigenvalue weighted by molar-refractivity contribution is 5.88. The van der Waals surface area contributed by atoms with E-state index in [1.54, 1.807) is 13.2 Å². The van der Waals surface area contributed by atoms with E-state index in [0.717, 1.165) is 6.42 Å². The second-order valence-electron chi connectivity index (χ2n) is 5.40. The lowest BCUT2D eigenvalue weighted by atomic mass is 9.56. The number of nitrogens with one attached hydrogen (secondary N) is 2. The van der Waals surface area contributed by atoms with Gasteiger partial charge in [0.15, 0.2) is 5.82 Å². The minimum absolute atomic E-state index is 0.0781. The van der Waals surface area contributed by atoms with Crippen molar-refractivity contribution < 1.29 is 14.1 Å². The van der Waals surface area contributed by atoms with Crippen LogP contribution in [0.2, 0.25) is 0 Å². The van der Waals surface area contributed by atoms with Crippen molar-refractivity contribution in [1.82, 2.24) is 10.5 Å². The molecule has 0 aromatic carbocycles. The van der Waals surface area contributed by atoms with Crippen molar-refractivity contribution >= 4 is 11.8 Å². The largest absolute Gasteiger partial charge is 0.378 e. The van der Waals surface area contributed by atoms with Crippen molar-refractivity contribution in [3.63, 3.8) is 0 Å². The maximum atomic E-state index is 11.8. The summed E-state index contributed by atoms with van der Waals surface area (Å²) in [6, 6.07) is 1.39. The Labute approximate surface area is 106 Å². The van der Waals surface area contributed by atoms with Crippen LogP contribution in [0, 0.1) is 5.41 Å². The van der Waals surface area contributed by atoms with Crippen LogP contribution >= 0.6 is 0 Å². The molecule has 1 heterocycles. The summed E-state index contributed by atoms with van der Waals surface area (Å²) < 4.78 is 10.1. The first kappa shape index (κ1) is 12.9. The van der Waals surface area contributed by atoms with Gasteiger partial charge in [-0.15, -0.1) is 0 Å². The number of hydrogen-bond acceptors (Lipinski definition) is 4. The molecule has 0 radical (unpaired) electrons. The SMILES string of the molecule is CO[C@]1(C)C[C@H](NC(=O)Nc2ccon2)C1(C)C. The molecule has 0 aliphatic heterocycles. The van der Waals surface area contributed by atoms with Gasteiger partial charge in [-0.2, -0.15) is 0 Å². The fourth-order valence-electron chi connectivity index (χ4n) is 2.31. The Bertz CT molecular complexity index is 430. The van der Waals surface area contributed by atoms with Crippen molar-refractivity contribution in [1.29, 1.82) is 0 Å². The summed E-state index contributed by atoms with van der Waals surface area (Å²) in [5.41, 5.74) is -0.304. The van der Waals surface area contributed by atoms with Crippen molar-refractivity contribution in [2.75, 3.05) is 12.4 Å². The van der Waals surface area contributed by atoms with Gasteiger partial charge in [-0.25, -0.2) is 4.79 Å². The molecule has 18 heavy (non-hydrogen) atoms. The summed E-state index contributed by atoms with van der Waals surface area (Å²) in [6.45, 7) is 6.23. The molecule has 0 bridgehead atoms. The van der Waals surface area contributed by atoms with E-state index in [9.17, 15) is 4.79 Å². The number of urea groups is 1. The van der Waals surface area contributed by atoms with Crippen LogP contribution in [-0.4, -0.2) is 29.9 Å². The smallest absolute Gasteiger partial charge is 0.320 e. The quantitative estimate of drug-likeness (QED) is 0.863. The lowest BCUT2D eigenvalue weighted by molar-refractivity contribution is -0.177. The summed E-state index contributed by atoms with van der Waals surface area (Å²) in [6.07, 6.45) is 2.20. The summed E-state index contributed by atoms with van der Waals surface area (Å²) in [5, 5.41) is 9.15. The van der Waals surface area contributed by atoms with E-state index >= 15 is 0 Å². The number of methoxy groups -OCH3 is 1. The van der Waals surface area contributed by atoms with Crippen LogP contribution in [0.4, 0.5) is 10.6 Å². The fraction of sp³-hybridized carbons (Fsp3) is 0.667. The van der Waals surface area contributed by atoms with Gasteiger partial charge in [0.05, 0.1) is 5.60 Å². The molecule has 1 aliphatic carbocycles. The van der Waals surface area contributed by atoms with Crippen molar-refractivity contribution in [2.45, 2.75) is 38.8 Å². The Morgan fingerprint density at radius 3 is 2.78 bits per heavy atom. The normalized spacial score (nSPS) is 29.4. The van der Waals surface area contributed by atoms with E-state index in [4.69, 9.17) is 4.74 Å². The zero-order valence-corrected chi connectivity index (χ0v) is 11.1. The van der Waals surface area contributed by atoms with Crippen molar-refractivity contribution in [3.8, 4) is 0 Å². The van der Waals surface area contributed by atoms with Gasteiger partial charge in [-0.3, -0.25) is 5.32 Å². The first-order valence-electron chi connectivity index (χ1n) is 5.92. The Kier molecular flexibility index (Phi) is 3.06. The van der Waals surface area contributed by atoms with Gasteiger partial charge < -0.3 is 14.6 Å². The first-order valence-corrected chi connectivity index (χ1v) is 5.92. The number of carbonyl (C=O) groups excluding carboxylic acids is 1. The maximum absolute atomic E-state index is 11.8. The van der Waals surface area contributed by atoms with Gasteiger partial charge in [-0.1, -0.05) is 19.0 Å². The second kappa shape index (κ2) is 4.28. The lowest BCUT2D eigenvalue weighted by Crippen LogP contribution is -2.68. The molecule has 2 atom stereocenters. The van der Waals surface area contributed by atoms with Crippen LogP contribution < -0.4 is 10.6 Å². The number of amides is 2. The predicted octanol–water partition coefficient (Wildman–Crippen LogP) is 2.00. The minimum atomic E-state index is -0.278. The number of nitrogens with zero attached hydrogens (tertiary/aromatic N) is 1. The molecule has 0 unspecified atom stereocenters. The van der Waals surface area contributed by atoms with Gasteiger partial charge >= 0.3 is 6.03 Å². The third kappa shape index (κ3) is 1.96. The maximum Gasteiger partial charge on any atom is 0.320 e. The van der Waals surface area contributed by atoms with E-state index in [1.807, 2.05) is 0 Å². The fourth-order valence-corrected chi connectivity index (χ4v) is 2.31. The van der Waals surface area contributed by atoms with Crippen molar-refractivity contribution in [2.24, 2.45) is 5.41 Å². The molecule has 1 aliphatic rings. The number of anilines is 1. The highest BCUT2D eigenvalue weighted by Crippen LogP contribution is 2.51. The van der Waals surface area contributed by atoms with E-state index < -0.39 is 0 Å². The molecule has 2 amide bonds. The molecule has 0 spiro atoms. The monoisotopic (exact) mass is 253 g/mol. The van der Waals surface area contributed by atoms with Crippen LogP contribution in [-0.2, 0) is 4.74 Å². The Morgan fingerprint density at radius 1 is 1.56 bits per heavy atom. The number of carbonyl (C=O) groups is 1. The molecule has 2 rings (SSSR count). The molecule has 1 aromatic heterocycles. The van der Waals surface area contributed by atoms with Gasteiger partial charge in [0, 0.05) is 24.6 Å². The summed E-state index contributed by atoms with van der Waals surface area (Å²) in [7, 11) is 1.70. The highest BCUT2D eigenvalue weighted by Gasteiger charge is 2.58. The molecule has 6 heteroatoms. The predicted molar refractivity (Wildman–Crippen MR) is 66.3 cm³/mol. The van der Waals surface area contributed by atoms with Crippen molar-refractivity contribution in [3.05, 3.63) is 12.3 Å². The van der Waals surface area contributed by atoms with Crippen LogP contribution in [0.15, 0.2) is 16.9 Å². The standard InChI is InChI=1S/C12H19N3O3/c1-11(2)8(7-12(11,3)17-4)13-10(16)14-9-5-6-18-15-9/h5-6,8H,7H2,1-4H3,(H2,13,14,15,16)/t8-,12+/m0/s1. The first-order chi connectivity index (χ1) is 8.39. The third-order valence-corrected chi connectivity index (χ3v) is 4.26. The van der Waals surface area contributed by atoms with E-state index in [1.165, 1.54) is 6.26 Å². The highest BCUT2D eigenvalue weighted by atomic mass is 16.5. The summed E-state index contributed by atoms with van der Waals surface area (Å²) >= 11 is 0. The van der Waals surface area contributed by atoms with Crippen LogP contribution in [0.1, 0.15) is 27.2 Å². The van der Waals surface area contributed by atoms with Gasteiger partial charge in [0.1, 0.15) is 6.26 Å². The number of rotatable bonds is 3. The number of ether oxygens (including phenoxy) is 1. The van der Waals surface area contributed by atoms with Gasteiger partial charge in [-0.05, 0) is 13.3 Å². The molecular weight excluding hydrogens is 234 g/mol. The second-order valence-corrected chi connectivity index (χ2v) is 5.40. The third-order valence-electron chi connectivity index (χ3n) is 4.26. The molecule has 6 nitrogen and oxygen atoms in total. The molecule has 2 N–H and O–H groups in total. The molecule has 1 fully saturated rings. The Balaban J connectivity index is 1.90. The molecule has 1 aromatic rings. The summed E-state index contributed by atoms with van der Waals surface area (Å²) in [5.74, 6) is 0.402. The molecule has 0 saturated heterocycles. The zero-order chi connectivity index (χ0) is 13.4. The minimum Gasteiger partial charge on any atom is -0.378 e. The average Bonchev–Trinajstić information content (AvgIpc) is 2.80. The van der Waals surface area contributed by atoms with E-state index in [-0.39, 0.29) is 23.1 Å². The van der Waals surface area contributed by atoms with Crippen LogP contribution in [0.5, 0.6) is 0 Å². The number of hydrogen-bond donors (Lipinski definition) is 2. The molecule has 100 valence electrons. The molecular formula is C12H19N3O3. The molecule has 1 saturated carbocycles. The Hall–Kier alpha value is -1.56. The van der Waals surface area contributed by atoms with Gasteiger partial charge in [0.25, 0.3) is 0 Å². The topological polar surface area (TPSA) is 76.4 Å². The zero-order valence-electron chi connectivity index (χ0n) is 11.1. The lowest BCUT2D eigenvalue weighted by Gasteiger charge is -2.58. The van der Waals surface area contributed by atoms with E-state index in [0.29, 0.717) is 5.82 Å². The van der Waals surface area contributed by atoms with E-state index in [2.05, 4.69) is 41.1 Å². The van der Waals surface area contributed by atoms with Crippen LogP contribution in [0.3, 0.4) is 0 Å². The number of aromatic nitrogens is 1. The summed E-state index contributed by atoms with van der Waals surface area (Å²) in [4.78, 5) is 11.8. The van der Waals surface area contributed by atoms with Crippen LogP contribution in [0.25, 0.3) is 0 Å². The Morgan fingerprint density at radius 2 is 2.28 bits per heavy atom. The average molecular weight is 253 g/mol. The van der Waals surface area contributed by atoms with Gasteiger partial charge in [0.2, 0.25) is 0 Å².